The number of hydrogen-bond acceptors (Lipinski definition) is 6. The van der Waals surface area contributed by atoms with E-state index in [0.717, 1.165) is 103 Å². The van der Waals surface area contributed by atoms with Crippen LogP contribution in [0, 0.1) is 0 Å². The molecule has 0 amide bonds. The zero-order valence-electron chi connectivity index (χ0n) is 44.2. The summed E-state index contributed by atoms with van der Waals surface area (Å²) in [5.41, 5.74) is 0. The lowest BCUT2D eigenvalue weighted by molar-refractivity contribution is -0.167. The molecule has 0 saturated heterocycles. The summed E-state index contributed by atoms with van der Waals surface area (Å²) < 4.78 is 16.8. The second-order valence-corrected chi connectivity index (χ2v) is 18.8. The van der Waals surface area contributed by atoms with E-state index >= 15 is 0 Å². The number of rotatable bonds is 51. The minimum absolute atomic E-state index is 0.0879. The topological polar surface area (TPSA) is 78.9 Å². The third-order valence-corrected chi connectivity index (χ3v) is 12.2. The van der Waals surface area contributed by atoms with Crippen molar-refractivity contribution in [2.24, 2.45) is 0 Å². The van der Waals surface area contributed by atoms with Gasteiger partial charge in [0.05, 0.1) is 0 Å². The predicted molar refractivity (Wildman–Crippen MR) is 288 cm³/mol. The molecule has 0 aliphatic carbocycles. The number of carbonyl (C=O) groups excluding carboxylic acids is 3. The molecule has 0 radical (unpaired) electrons. The molecule has 0 spiro atoms. The summed E-state index contributed by atoms with van der Waals surface area (Å²) in [6.45, 7) is 6.56. The average Bonchev–Trinajstić information content (AvgIpc) is 3.33. The van der Waals surface area contributed by atoms with Crippen LogP contribution in [-0.4, -0.2) is 37.2 Å². The van der Waals surface area contributed by atoms with Gasteiger partial charge in [0.25, 0.3) is 0 Å². The van der Waals surface area contributed by atoms with Gasteiger partial charge in [0, 0.05) is 19.3 Å². The van der Waals surface area contributed by atoms with Crippen LogP contribution in [0.4, 0.5) is 0 Å². The van der Waals surface area contributed by atoms with Crippen molar-refractivity contribution in [3.05, 3.63) is 72.9 Å². The first-order valence-corrected chi connectivity index (χ1v) is 28.4. The fourth-order valence-corrected chi connectivity index (χ4v) is 7.83. The number of hydrogen-bond donors (Lipinski definition) is 0. The molecule has 0 N–H and O–H groups in total. The summed E-state index contributed by atoms with van der Waals surface area (Å²) in [5.74, 6) is -0.917. The monoisotopic (exact) mass is 935 g/mol. The molecule has 0 aromatic rings. The maximum absolute atomic E-state index is 12.8. The number of allylic oxidation sites excluding steroid dienone is 12. The molecule has 0 aromatic carbocycles. The lowest BCUT2D eigenvalue weighted by Crippen LogP contribution is -2.30. The van der Waals surface area contributed by atoms with Gasteiger partial charge in [0.1, 0.15) is 13.2 Å². The van der Waals surface area contributed by atoms with Crippen molar-refractivity contribution in [1.29, 1.82) is 0 Å². The smallest absolute Gasteiger partial charge is 0.306 e. The predicted octanol–water partition coefficient (Wildman–Crippen LogP) is 19.0. The Morgan fingerprint density at radius 2 is 0.537 bits per heavy atom. The van der Waals surface area contributed by atoms with Crippen LogP contribution < -0.4 is 0 Å². The summed E-state index contributed by atoms with van der Waals surface area (Å²) in [6.07, 6.45) is 70.2. The molecule has 0 unspecified atom stereocenters. The summed E-state index contributed by atoms with van der Waals surface area (Å²) >= 11 is 0. The molecule has 0 rings (SSSR count). The molecule has 0 aliphatic rings. The van der Waals surface area contributed by atoms with Crippen LogP contribution in [0.2, 0.25) is 0 Å². The quantitative estimate of drug-likeness (QED) is 0.0262. The molecule has 6 nitrogen and oxygen atoms in total. The molecular formula is C61H106O6. The summed E-state index contributed by atoms with van der Waals surface area (Å²) in [4.78, 5) is 38.1. The Labute approximate surface area is 414 Å². The molecule has 0 aliphatic heterocycles. The van der Waals surface area contributed by atoms with Gasteiger partial charge in [0.2, 0.25) is 0 Å². The summed E-state index contributed by atoms with van der Waals surface area (Å²) in [5, 5.41) is 0. The summed E-state index contributed by atoms with van der Waals surface area (Å²) in [6, 6.07) is 0. The van der Waals surface area contributed by atoms with E-state index in [0.29, 0.717) is 19.3 Å². The normalized spacial score (nSPS) is 12.6. The van der Waals surface area contributed by atoms with E-state index in [4.69, 9.17) is 14.2 Å². The zero-order valence-corrected chi connectivity index (χ0v) is 44.2. The van der Waals surface area contributed by atoms with E-state index in [9.17, 15) is 14.4 Å². The molecule has 6 heteroatoms. The van der Waals surface area contributed by atoms with Gasteiger partial charge >= 0.3 is 17.9 Å². The van der Waals surface area contributed by atoms with Gasteiger partial charge in [-0.05, 0) is 116 Å². The van der Waals surface area contributed by atoms with Crippen LogP contribution in [0.15, 0.2) is 72.9 Å². The van der Waals surface area contributed by atoms with Gasteiger partial charge in [-0.2, -0.15) is 0 Å². The lowest BCUT2D eigenvalue weighted by atomic mass is 10.1. The summed E-state index contributed by atoms with van der Waals surface area (Å²) in [7, 11) is 0. The highest BCUT2D eigenvalue weighted by atomic mass is 16.6. The van der Waals surface area contributed by atoms with E-state index in [-0.39, 0.29) is 31.1 Å². The van der Waals surface area contributed by atoms with Gasteiger partial charge in [-0.3, -0.25) is 14.4 Å². The Balaban J connectivity index is 4.40. The number of esters is 3. The number of carbonyl (C=O) groups is 3. The molecule has 0 heterocycles. The largest absolute Gasteiger partial charge is 0.462 e. The third-order valence-electron chi connectivity index (χ3n) is 12.2. The number of ether oxygens (including phenoxy) is 3. The van der Waals surface area contributed by atoms with Crippen molar-refractivity contribution in [2.45, 2.75) is 284 Å². The van der Waals surface area contributed by atoms with E-state index in [1.54, 1.807) is 0 Å². The van der Waals surface area contributed by atoms with E-state index in [1.807, 2.05) is 0 Å². The highest BCUT2D eigenvalue weighted by Gasteiger charge is 2.19. The first kappa shape index (κ1) is 63.8. The third kappa shape index (κ3) is 53.7. The Kier molecular flexibility index (Phi) is 52.8. The first-order chi connectivity index (χ1) is 33.0. The van der Waals surface area contributed by atoms with Gasteiger partial charge in [-0.15, -0.1) is 0 Å². The van der Waals surface area contributed by atoms with Crippen LogP contribution in [0.5, 0.6) is 0 Å². The molecule has 0 aromatic heterocycles. The SMILES string of the molecule is CCCCC/C=C\C/C=C\C/C=C\CCCCCCC(=O)OC[C@@H](COC(=O)CCCCCCCCCCC/C=C\C/C=C\CCCCC)OC(=O)CCCCCCC/C=C\CCCCCC. The van der Waals surface area contributed by atoms with Gasteiger partial charge in [-0.25, -0.2) is 0 Å². The van der Waals surface area contributed by atoms with E-state index in [2.05, 4.69) is 93.7 Å². The highest BCUT2D eigenvalue weighted by molar-refractivity contribution is 5.71. The molecule has 0 saturated carbocycles. The maximum Gasteiger partial charge on any atom is 0.306 e. The van der Waals surface area contributed by atoms with E-state index < -0.39 is 6.10 Å². The molecule has 0 fully saturated rings. The molecule has 1 atom stereocenters. The molecule has 0 bridgehead atoms. The van der Waals surface area contributed by atoms with Gasteiger partial charge in [-0.1, -0.05) is 216 Å². The Morgan fingerprint density at radius 1 is 0.299 bits per heavy atom. The van der Waals surface area contributed by atoms with Gasteiger partial charge in [0.15, 0.2) is 6.10 Å². The minimum atomic E-state index is -0.791. The minimum Gasteiger partial charge on any atom is -0.462 e. The van der Waals surface area contributed by atoms with E-state index in [1.165, 1.54) is 135 Å². The van der Waals surface area contributed by atoms with Crippen molar-refractivity contribution in [1.82, 2.24) is 0 Å². The van der Waals surface area contributed by atoms with Gasteiger partial charge < -0.3 is 14.2 Å². The lowest BCUT2D eigenvalue weighted by Gasteiger charge is -2.18. The Hall–Kier alpha value is -3.15. The fourth-order valence-electron chi connectivity index (χ4n) is 7.83. The second kappa shape index (κ2) is 55.4. The second-order valence-electron chi connectivity index (χ2n) is 18.8. The Morgan fingerprint density at radius 3 is 0.881 bits per heavy atom. The van der Waals surface area contributed by atoms with Crippen LogP contribution in [-0.2, 0) is 28.6 Å². The van der Waals surface area contributed by atoms with Crippen molar-refractivity contribution < 1.29 is 28.6 Å². The fraction of sp³-hybridized carbons (Fsp3) is 0.754. The zero-order chi connectivity index (χ0) is 48.6. The van der Waals surface area contributed by atoms with Crippen molar-refractivity contribution in [2.75, 3.05) is 13.2 Å². The van der Waals surface area contributed by atoms with Crippen molar-refractivity contribution >= 4 is 17.9 Å². The first-order valence-electron chi connectivity index (χ1n) is 28.4. The van der Waals surface area contributed by atoms with Crippen LogP contribution in [0.1, 0.15) is 278 Å². The number of unbranched alkanes of at least 4 members (excludes halogenated alkanes) is 28. The maximum atomic E-state index is 12.8. The highest BCUT2D eigenvalue weighted by Crippen LogP contribution is 2.15. The van der Waals surface area contributed by atoms with Crippen LogP contribution >= 0.6 is 0 Å². The molecule has 386 valence electrons. The van der Waals surface area contributed by atoms with Crippen LogP contribution in [0.25, 0.3) is 0 Å². The molecule has 67 heavy (non-hydrogen) atoms. The average molecular weight is 936 g/mol. The molecular weight excluding hydrogens is 829 g/mol. The van der Waals surface area contributed by atoms with Crippen molar-refractivity contribution in [3.63, 3.8) is 0 Å². The van der Waals surface area contributed by atoms with Crippen molar-refractivity contribution in [3.8, 4) is 0 Å². The van der Waals surface area contributed by atoms with Crippen LogP contribution in [0.3, 0.4) is 0 Å². The standard InChI is InChI=1S/C61H106O6/c1-4-7-10-13-16-19-22-25-27-29-30-32-34-37-39-42-45-48-51-54-60(63)66-57-58(67-61(64)55-52-49-46-43-40-35-24-21-18-15-12-9-6-3)56-65-59(62)53-50-47-44-41-38-36-33-31-28-26-23-20-17-14-11-8-5-2/h16-17,19-21,24-28,33,36,58H,4-15,18,22-23,29-32,34-35,37-57H2,1-3H3/b19-16-,20-17-,24-21-,27-25-,28-26-,36-33-/t58-/m0/s1. The Bertz CT molecular complexity index is 1260.